The first kappa shape index (κ1) is 19.2. The third kappa shape index (κ3) is 4.05. The lowest BCUT2D eigenvalue weighted by Crippen LogP contribution is -2.34. The van der Waals surface area contributed by atoms with E-state index >= 15 is 0 Å². The molecule has 146 valence electrons. The summed E-state index contributed by atoms with van der Waals surface area (Å²) >= 11 is 0. The summed E-state index contributed by atoms with van der Waals surface area (Å²) in [5.74, 6) is -1.05. The van der Waals surface area contributed by atoms with Gasteiger partial charge in [-0.2, -0.15) is 9.61 Å². The quantitative estimate of drug-likeness (QED) is 0.685. The molecule has 0 aliphatic carbocycles. The standard InChI is InChI=1S/C18H19FN6O3/c1-10(2)24(3)18(28)13-8-17(27)25-15(21-13)6-12(23-25)7-16(26)22-14-5-4-11(19)9-20-14/h4-6,8-10,21H,7H2,1-3H3,(H,20,22,26). The molecule has 0 unspecified atom stereocenters. The molecule has 3 aromatic rings. The Balaban J connectivity index is 1.81. The van der Waals surface area contributed by atoms with Gasteiger partial charge in [-0.3, -0.25) is 14.4 Å². The van der Waals surface area contributed by atoms with Crippen LogP contribution in [0.4, 0.5) is 10.2 Å². The largest absolute Gasteiger partial charge is 0.338 e. The number of fused-ring (bicyclic) bond motifs is 1. The average molecular weight is 386 g/mol. The molecule has 3 rings (SSSR count). The topological polar surface area (TPSA) is 112 Å². The van der Waals surface area contributed by atoms with E-state index in [1.165, 1.54) is 29.2 Å². The van der Waals surface area contributed by atoms with Crippen LogP contribution >= 0.6 is 0 Å². The van der Waals surface area contributed by atoms with Crippen LogP contribution in [0.1, 0.15) is 30.0 Å². The summed E-state index contributed by atoms with van der Waals surface area (Å²) in [5.41, 5.74) is 0.284. The van der Waals surface area contributed by atoms with Crippen LogP contribution in [0.5, 0.6) is 0 Å². The number of carbonyl (C=O) groups excluding carboxylic acids is 2. The van der Waals surface area contributed by atoms with E-state index in [9.17, 15) is 18.8 Å². The summed E-state index contributed by atoms with van der Waals surface area (Å²) in [6.45, 7) is 3.72. The van der Waals surface area contributed by atoms with E-state index in [0.29, 0.717) is 11.3 Å². The maximum Gasteiger partial charge on any atom is 0.275 e. The fourth-order valence-electron chi connectivity index (χ4n) is 2.47. The van der Waals surface area contributed by atoms with E-state index in [1.54, 1.807) is 7.05 Å². The molecular formula is C18H19FN6O3. The normalized spacial score (nSPS) is 11.0. The summed E-state index contributed by atoms with van der Waals surface area (Å²) < 4.78 is 14.0. The van der Waals surface area contributed by atoms with Crippen molar-refractivity contribution >= 4 is 23.3 Å². The van der Waals surface area contributed by atoms with Crippen molar-refractivity contribution in [1.29, 1.82) is 0 Å². The smallest absolute Gasteiger partial charge is 0.275 e. The molecule has 0 radical (unpaired) electrons. The number of carbonyl (C=O) groups is 2. The van der Waals surface area contributed by atoms with E-state index in [2.05, 4.69) is 20.4 Å². The minimum absolute atomic E-state index is 0.0310. The Hall–Kier alpha value is -3.56. The number of halogens is 1. The number of nitrogens with one attached hydrogen (secondary N) is 2. The van der Waals surface area contributed by atoms with E-state index in [0.717, 1.165) is 10.7 Å². The first-order valence-electron chi connectivity index (χ1n) is 8.55. The predicted octanol–water partition coefficient (Wildman–Crippen LogP) is 1.22. The zero-order chi connectivity index (χ0) is 20.4. The lowest BCUT2D eigenvalue weighted by Gasteiger charge is -2.21. The highest BCUT2D eigenvalue weighted by atomic mass is 19.1. The number of anilines is 1. The van der Waals surface area contributed by atoms with Gasteiger partial charge in [-0.15, -0.1) is 0 Å². The Morgan fingerprint density at radius 3 is 2.71 bits per heavy atom. The van der Waals surface area contributed by atoms with Crippen LogP contribution in [0.15, 0.2) is 35.3 Å². The van der Waals surface area contributed by atoms with Crippen molar-refractivity contribution in [3.8, 4) is 0 Å². The van der Waals surface area contributed by atoms with Gasteiger partial charge in [-0.1, -0.05) is 0 Å². The van der Waals surface area contributed by atoms with Crippen LogP contribution < -0.4 is 10.9 Å². The molecule has 10 heteroatoms. The highest BCUT2D eigenvalue weighted by Gasteiger charge is 2.18. The molecular weight excluding hydrogens is 367 g/mol. The van der Waals surface area contributed by atoms with Crippen LogP contribution in [0.2, 0.25) is 0 Å². The minimum Gasteiger partial charge on any atom is -0.338 e. The summed E-state index contributed by atoms with van der Waals surface area (Å²) in [4.78, 5) is 45.0. The average Bonchev–Trinajstić information content (AvgIpc) is 3.05. The molecule has 0 aliphatic heterocycles. The van der Waals surface area contributed by atoms with Crippen LogP contribution in [-0.4, -0.2) is 49.4 Å². The number of pyridine rings is 1. The first-order valence-corrected chi connectivity index (χ1v) is 8.55. The molecule has 3 heterocycles. The van der Waals surface area contributed by atoms with Crippen LogP contribution in [0.3, 0.4) is 0 Å². The minimum atomic E-state index is -0.509. The Bertz CT molecular complexity index is 1090. The van der Waals surface area contributed by atoms with Gasteiger partial charge < -0.3 is 15.2 Å². The van der Waals surface area contributed by atoms with Crippen molar-refractivity contribution in [2.75, 3.05) is 12.4 Å². The van der Waals surface area contributed by atoms with E-state index in [1.807, 2.05) is 13.8 Å². The molecule has 0 atom stereocenters. The monoisotopic (exact) mass is 386 g/mol. The van der Waals surface area contributed by atoms with Crippen LogP contribution in [0, 0.1) is 5.82 Å². The van der Waals surface area contributed by atoms with Crippen molar-refractivity contribution in [3.05, 3.63) is 58.0 Å². The fraction of sp³-hybridized carbons (Fsp3) is 0.278. The number of aromatic nitrogens is 4. The SMILES string of the molecule is CC(C)N(C)C(=O)c1cc(=O)n2nc(CC(=O)Nc3ccc(F)cn3)cc2[nH]1. The third-order valence-electron chi connectivity index (χ3n) is 4.16. The number of hydrogen-bond donors (Lipinski definition) is 2. The highest BCUT2D eigenvalue weighted by molar-refractivity contribution is 5.93. The molecule has 0 spiro atoms. The zero-order valence-corrected chi connectivity index (χ0v) is 15.6. The van der Waals surface area contributed by atoms with Crippen molar-refractivity contribution in [3.63, 3.8) is 0 Å². The van der Waals surface area contributed by atoms with E-state index in [4.69, 9.17) is 0 Å². The summed E-state index contributed by atoms with van der Waals surface area (Å²) in [6.07, 6.45) is 0.870. The molecule has 3 aromatic heterocycles. The van der Waals surface area contributed by atoms with Gasteiger partial charge in [0, 0.05) is 25.2 Å². The van der Waals surface area contributed by atoms with Gasteiger partial charge in [-0.05, 0) is 26.0 Å². The fourth-order valence-corrected chi connectivity index (χ4v) is 2.47. The van der Waals surface area contributed by atoms with Crippen molar-refractivity contribution in [2.24, 2.45) is 0 Å². The van der Waals surface area contributed by atoms with Crippen molar-refractivity contribution in [1.82, 2.24) is 24.5 Å². The molecule has 0 saturated heterocycles. The van der Waals surface area contributed by atoms with Crippen LogP contribution in [-0.2, 0) is 11.2 Å². The Kier molecular flexibility index (Phi) is 5.21. The predicted molar refractivity (Wildman–Crippen MR) is 99.6 cm³/mol. The van der Waals surface area contributed by atoms with Crippen LogP contribution in [0.25, 0.3) is 5.65 Å². The van der Waals surface area contributed by atoms with Crippen molar-refractivity contribution < 1.29 is 14.0 Å². The van der Waals surface area contributed by atoms with E-state index < -0.39 is 17.3 Å². The van der Waals surface area contributed by atoms with Gasteiger partial charge in [0.25, 0.3) is 11.5 Å². The Morgan fingerprint density at radius 2 is 2.07 bits per heavy atom. The molecule has 0 aliphatic rings. The number of hydrogen-bond acceptors (Lipinski definition) is 5. The molecule has 9 nitrogen and oxygen atoms in total. The van der Waals surface area contributed by atoms with Gasteiger partial charge in [0.05, 0.1) is 18.3 Å². The van der Waals surface area contributed by atoms with Gasteiger partial charge in [0.2, 0.25) is 5.91 Å². The number of H-pyrrole nitrogens is 1. The van der Waals surface area contributed by atoms with Crippen molar-refractivity contribution in [2.45, 2.75) is 26.3 Å². The Morgan fingerprint density at radius 1 is 1.32 bits per heavy atom. The van der Waals surface area contributed by atoms with Gasteiger partial charge >= 0.3 is 0 Å². The zero-order valence-electron chi connectivity index (χ0n) is 15.6. The molecule has 0 aromatic carbocycles. The number of amides is 2. The molecule has 2 N–H and O–H groups in total. The molecule has 28 heavy (non-hydrogen) atoms. The lowest BCUT2D eigenvalue weighted by molar-refractivity contribution is -0.115. The lowest BCUT2D eigenvalue weighted by atomic mass is 10.3. The number of nitrogens with zero attached hydrogens (tertiary/aromatic N) is 4. The molecule has 0 bridgehead atoms. The molecule has 0 fully saturated rings. The summed E-state index contributed by atoms with van der Waals surface area (Å²) in [6, 6.07) is 5.18. The molecule has 0 saturated carbocycles. The summed E-state index contributed by atoms with van der Waals surface area (Å²) in [5, 5.41) is 6.61. The van der Waals surface area contributed by atoms with E-state index in [-0.39, 0.29) is 29.9 Å². The third-order valence-corrected chi connectivity index (χ3v) is 4.16. The van der Waals surface area contributed by atoms with Gasteiger partial charge in [0.1, 0.15) is 23.0 Å². The first-order chi connectivity index (χ1) is 13.2. The van der Waals surface area contributed by atoms with Gasteiger partial charge in [0.15, 0.2) is 0 Å². The number of rotatable bonds is 5. The Labute approximate surface area is 159 Å². The second-order valence-electron chi connectivity index (χ2n) is 6.55. The maximum absolute atomic E-state index is 12.9. The maximum atomic E-state index is 12.9. The number of aromatic amines is 1. The highest BCUT2D eigenvalue weighted by Crippen LogP contribution is 2.09. The van der Waals surface area contributed by atoms with Gasteiger partial charge in [-0.25, -0.2) is 9.37 Å². The second kappa shape index (κ2) is 7.59. The second-order valence-corrected chi connectivity index (χ2v) is 6.55. The molecule has 2 amide bonds. The summed E-state index contributed by atoms with van der Waals surface area (Å²) in [7, 11) is 1.64.